The highest BCUT2D eigenvalue weighted by Gasteiger charge is 2.19. The maximum atomic E-state index is 12.1. The Hall–Kier alpha value is -2.90. The zero-order valence-electron chi connectivity index (χ0n) is 14.8. The van der Waals surface area contributed by atoms with Crippen molar-refractivity contribution < 1.29 is 14.3 Å². The van der Waals surface area contributed by atoms with E-state index in [1.807, 2.05) is 0 Å². The van der Waals surface area contributed by atoms with Crippen LogP contribution < -0.4 is 10.9 Å². The van der Waals surface area contributed by atoms with Gasteiger partial charge in [0.15, 0.2) is 5.82 Å². The highest BCUT2D eigenvalue weighted by atomic mass is 16.6. The number of para-hydroxylation sites is 1. The molecule has 1 aromatic heterocycles. The molecule has 0 aliphatic heterocycles. The monoisotopic (exact) mass is 346 g/mol. The molecule has 0 aliphatic carbocycles. The molecule has 2 amide bonds. The van der Waals surface area contributed by atoms with Crippen LogP contribution in [0, 0.1) is 0 Å². The molecule has 0 radical (unpaired) electrons. The van der Waals surface area contributed by atoms with Crippen LogP contribution in [0.15, 0.2) is 29.1 Å². The lowest BCUT2D eigenvalue weighted by atomic mass is 10.2. The number of ether oxygens (including phenoxy) is 1. The number of nitrogens with zero attached hydrogens (tertiary/aromatic N) is 2. The van der Waals surface area contributed by atoms with Gasteiger partial charge in [-0.25, -0.2) is 9.78 Å². The summed E-state index contributed by atoms with van der Waals surface area (Å²) in [4.78, 5) is 43.9. The van der Waals surface area contributed by atoms with Crippen molar-refractivity contribution >= 4 is 22.9 Å². The summed E-state index contributed by atoms with van der Waals surface area (Å²) in [6.07, 6.45) is -0.473. The van der Waals surface area contributed by atoms with Crippen molar-refractivity contribution in [3.8, 4) is 0 Å². The molecule has 0 unspecified atom stereocenters. The van der Waals surface area contributed by atoms with E-state index in [9.17, 15) is 14.4 Å². The molecule has 8 nitrogen and oxygen atoms in total. The quantitative estimate of drug-likeness (QED) is 0.873. The van der Waals surface area contributed by atoms with Gasteiger partial charge in [-0.2, -0.15) is 0 Å². The van der Waals surface area contributed by atoms with Crippen LogP contribution in [0.3, 0.4) is 0 Å². The number of fused-ring (bicyclic) bond motifs is 1. The van der Waals surface area contributed by atoms with E-state index in [1.54, 1.807) is 52.1 Å². The van der Waals surface area contributed by atoms with Crippen molar-refractivity contribution in [3.05, 3.63) is 40.4 Å². The fourth-order valence-corrected chi connectivity index (χ4v) is 2.05. The van der Waals surface area contributed by atoms with Crippen molar-refractivity contribution in [2.75, 3.05) is 20.1 Å². The summed E-state index contributed by atoms with van der Waals surface area (Å²) in [5.74, 6) is -0.580. The summed E-state index contributed by atoms with van der Waals surface area (Å²) in [7, 11) is 1.58. The van der Waals surface area contributed by atoms with Crippen molar-refractivity contribution in [1.29, 1.82) is 0 Å². The number of hydrogen-bond donors (Lipinski definition) is 2. The zero-order valence-corrected chi connectivity index (χ0v) is 14.8. The lowest BCUT2D eigenvalue weighted by molar-refractivity contribution is 0.0299. The molecule has 0 spiro atoms. The average Bonchev–Trinajstić information content (AvgIpc) is 2.53. The Labute approximate surface area is 145 Å². The minimum absolute atomic E-state index is 0.0661. The van der Waals surface area contributed by atoms with E-state index in [-0.39, 0.29) is 24.5 Å². The molecule has 8 heteroatoms. The third-order valence-corrected chi connectivity index (χ3v) is 3.27. The van der Waals surface area contributed by atoms with E-state index < -0.39 is 17.6 Å². The smallest absolute Gasteiger partial charge is 0.410 e. The van der Waals surface area contributed by atoms with Gasteiger partial charge in [-0.05, 0) is 32.9 Å². The van der Waals surface area contributed by atoms with E-state index in [4.69, 9.17) is 4.74 Å². The third-order valence-electron chi connectivity index (χ3n) is 3.27. The van der Waals surface area contributed by atoms with Gasteiger partial charge in [0.05, 0.1) is 10.9 Å². The predicted octanol–water partition coefficient (Wildman–Crippen LogP) is 1.52. The summed E-state index contributed by atoms with van der Waals surface area (Å²) >= 11 is 0. The summed E-state index contributed by atoms with van der Waals surface area (Å²) in [5, 5.41) is 3.04. The van der Waals surface area contributed by atoms with Gasteiger partial charge in [0, 0.05) is 20.1 Å². The molecule has 0 atom stereocenters. The van der Waals surface area contributed by atoms with E-state index in [1.165, 1.54) is 4.90 Å². The lowest BCUT2D eigenvalue weighted by Gasteiger charge is -2.24. The first-order valence-corrected chi connectivity index (χ1v) is 7.89. The fourth-order valence-electron chi connectivity index (χ4n) is 2.05. The van der Waals surface area contributed by atoms with Crippen LogP contribution in [0.5, 0.6) is 0 Å². The zero-order chi connectivity index (χ0) is 18.6. The maximum Gasteiger partial charge on any atom is 0.410 e. The van der Waals surface area contributed by atoms with Crippen LogP contribution in [-0.4, -0.2) is 52.6 Å². The molecule has 1 heterocycles. The Kier molecular flexibility index (Phi) is 5.41. The van der Waals surface area contributed by atoms with Gasteiger partial charge < -0.3 is 19.9 Å². The lowest BCUT2D eigenvalue weighted by Crippen LogP contribution is -2.39. The minimum Gasteiger partial charge on any atom is -0.444 e. The van der Waals surface area contributed by atoms with Crippen LogP contribution in [0.2, 0.25) is 0 Å². The molecule has 0 aliphatic rings. The molecule has 0 fully saturated rings. The third kappa shape index (κ3) is 5.03. The minimum atomic E-state index is -0.580. The summed E-state index contributed by atoms with van der Waals surface area (Å²) in [5.41, 5.74) is -0.507. The van der Waals surface area contributed by atoms with Crippen molar-refractivity contribution in [2.24, 2.45) is 0 Å². The van der Waals surface area contributed by atoms with Crippen LogP contribution in [0.25, 0.3) is 10.9 Å². The number of carbonyl (C=O) groups is 2. The number of rotatable bonds is 4. The SMILES string of the molecule is CN(CCNC(=O)c1nc2ccccc2c(=O)[nH]1)C(=O)OC(C)(C)C. The Bertz CT molecular complexity index is 838. The molecule has 2 aromatic rings. The molecule has 0 saturated carbocycles. The Morgan fingerprint density at radius 2 is 1.96 bits per heavy atom. The Morgan fingerprint density at radius 1 is 1.28 bits per heavy atom. The van der Waals surface area contributed by atoms with Crippen LogP contribution in [-0.2, 0) is 4.74 Å². The van der Waals surface area contributed by atoms with E-state index >= 15 is 0 Å². The van der Waals surface area contributed by atoms with Crippen LogP contribution in [0.1, 0.15) is 31.4 Å². The topological polar surface area (TPSA) is 104 Å². The van der Waals surface area contributed by atoms with E-state index in [0.29, 0.717) is 10.9 Å². The highest BCUT2D eigenvalue weighted by Crippen LogP contribution is 2.09. The van der Waals surface area contributed by atoms with Gasteiger partial charge in [-0.1, -0.05) is 12.1 Å². The normalized spacial score (nSPS) is 11.2. The van der Waals surface area contributed by atoms with Crippen molar-refractivity contribution in [1.82, 2.24) is 20.2 Å². The van der Waals surface area contributed by atoms with E-state index in [2.05, 4.69) is 15.3 Å². The molecule has 25 heavy (non-hydrogen) atoms. The second-order valence-corrected chi connectivity index (χ2v) is 6.59. The van der Waals surface area contributed by atoms with Crippen molar-refractivity contribution in [3.63, 3.8) is 0 Å². The number of aromatic nitrogens is 2. The summed E-state index contributed by atoms with van der Waals surface area (Å²) < 4.78 is 5.22. The van der Waals surface area contributed by atoms with Gasteiger partial charge in [-0.15, -0.1) is 0 Å². The molecular formula is C17H22N4O4. The average molecular weight is 346 g/mol. The van der Waals surface area contributed by atoms with Gasteiger partial charge in [0.1, 0.15) is 5.60 Å². The highest BCUT2D eigenvalue weighted by molar-refractivity contribution is 5.92. The van der Waals surface area contributed by atoms with Gasteiger partial charge in [0.2, 0.25) is 0 Å². The molecule has 0 saturated heterocycles. The summed E-state index contributed by atoms with van der Waals surface area (Å²) in [6, 6.07) is 6.77. The second-order valence-electron chi connectivity index (χ2n) is 6.59. The number of benzene rings is 1. The number of hydrogen-bond acceptors (Lipinski definition) is 5. The molecule has 2 rings (SSSR count). The number of H-pyrrole nitrogens is 1. The number of carbonyl (C=O) groups excluding carboxylic acids is 2. The van der Waals surface area contributed by atoms with E-state index in [0.717, 1.165) is 0 Å². The second kappa shape index (κ2) is 7.33. The number of likely N-dealkylation sites (N-methyl/N-ethyl adjacent to an activating group) is 1. The van der Waals surface area contributed by atoms with Gasteiger partial charge >= 0.3 is 6.09 Å². The van der Waals surface area contributed by atoms with Gasteiger partial charge in [-0.3, -0.25) is 9.59 Å². The molecule has 2 N–H and O–H groups in total. The van der Waals surface area contributed by atoms with Crippen LogP contribution in [0.4, 0.5) is 4.79 Å². The first kappa shape index (κ1) is 18.4. The largest absolute Gasteiger partial charge is 0.444 e. The maximum absolute atomic E-state index is 12.1. The molecule has 134 valence electrons. The number of aromatic amines is 1. The van der Waals surface area contributed by atoms with Gasteiger partial charge in [0.25, 0.3) is 11.5 Å². The Balaban J connectivity index is 1.95. The number of amides is 2. The van der Waals surface area contributed by atoms with Crippen molar-refractivity contribution in [2.45, 2.75) is 26.4 Å². The molecular weight excluding hydrogens is 324 g/mol. The fraction of sp³-hybridized carbons (Fsp3) is 0.412. The molecule has 0 bridgehead atoms. The number of nitrogens with one attached hydrogen (secondary N) is 2. The summed E-state index contributed by atoms with van der Waals surface area (Å²) in [6.45, 7) is 5.80. The molecule has 1 aromatic carbocycles. The first-order chi connectivity index (χ1) is 11.7. The standard InChI is InChI=1S/C17H22N4O4/c1-17(2,3)25-16(24)21(4)10-9-18-15(23)13-19-12-8-6-5-7-11(12)14(22)20-13/h5-8H,9-10H2,1-4H3,(H,18,23)(H,19,20,22). The Morgan fingerprint density at radius 3 is 2.64 bits per heavy atom. The van der Waals surface area contributed by atoms with Crippen LogP contribution >= 0.6 is 0 Å². The predicted molar refractivity (Wildman–Crippen MR) is 93.6 cm³/mol. The first-order valence-electron chi connectivity index (χ1n) is 7.89.